The highest BCUT2D eigenvalue weighted by Gasteiger charge is 2.10. The number of rotatable bonds is 3. The summed E-state index contributed by atoms with van der Waals surface area (Å²) < 4.78 is 19.6. The molecule has 0 saturated heterocycles. The number of nitrogens with zero attached hydrogens (tertiary/aromatic N) is 1. The van der Waals surface area contributed by atoms with Crippen molar-refractivity contribution in [2.45, 2.75) is 26.2 Å². The van der Waals surface area contributed by atoms with Crippen molar-refractivity contribution in [2.75, 3.05) is 0 Å². The zero-order chi connectivity index (χ0) is 10.8. The Labute approximate surface area is 95.6 Å². The van der Waals surface area contributed by atoms with E-state index < -0.39 is 0 Å². The topological polar surface area (TPSA) is 26.0 Å². The molecule has 0 saturated carbocycles. The van der Waals surface area contributed by atoms with Crippen LogP contribution in [0.1, 0.15) is 25.7 Å². The second-order valence-electron chi connectivity index (χ2n) is 3.45. The summed E-state index contributed by atoms with van der Waals surface area (Å²) in [5.74, 6) is 0.273. The molecule has 0 radical (unpaired) electrons. The Morgan fingerprint density at radius 1 is 1.47 bits per heavy atom. The van der Waals surface area contributed by atoms with Gasteiger partial charge in [-0.1, -0.05) is 29.3 Å². The average Bonchev–Trinajstić information content (AvgIpc) is 2.57. The lowest BCUT2D eigenvalue weighted by molar-refractivity contribution is 0.517. The molecule has 0 bridgehead atoms. The van der Waals surface area contributed by atoms with E-state index in [4.69, 9.17) is 4.42 Å². The molecule has 0 fully saturated rings. The van der Waals surface area contributed by atoms with Crippen LogP contribution in [-0.4, -0.2) is 4.98 Å². The van der Waals surface area contributed by atoms with Gasteiger partial charge in [0.1, 0.15) is 5.52 Å². The summed E-state index contributed by atoms with van der Waals surface area (Å²) in [5, 5.41) is 0. The van der Waals surface area contributed by atoms with Crippen LogP contribution in [0.25, 0.3) is 11.1 Å². The Balaban J connectivity index is 2.41. The Morgan fingerprint density at radius 2 is 2.27 bits per heavy atom. The minimum atomic E-state index is -0.342. The standard InChI is InChI=1S/C11H11BrFNO/c1-2-3-4-10-14-11-8(13)5-7(12)6-9(11)15-10/h5-6H,2-4H2,1H3. The first kappa shape index (κ1) is 10.6. The normalized spacial score (nSPS) is 11.1. The van der Waals surface area contributed by atoms with Gasteiger partial charge >= 0.3 is 0 Å². The lowest BCUT2D eigenvalue weighted by Gasteiger charge is -1.90. The molecule has 2 rings (SSSR count). The van der Waals surface area contributed by atoms with Crippen molar-refractivity contribution >= 4 is 27.0 Å². The fourth-order valence-electron chi connectivity index (χ4n) is 1.44. The van der Waals surface area contributed by atoms with Crippen LogP contribution in [0.4, 0.5) is 4.39 Å². The van der Waals surface area contributed by atoms with E-state index >= 15 is 0 Å². The predicted molar refractivity (Wildman–Crippen MR) is 60.3 cm³/mol. The fraction of sp³-hybridized carbons (Fsp3) is 0.364. The van der Waals surface area contributed by atoms with Crippen LogP contribution in [-0.2, 0) is 6.42 Å². The molecule has 80 valence electrons. The summed E-state index contributed by atoms with van der Waals surface area (Å²) >= 11 is 3.22. The van der Waals surface area contributed by atoms with Crippen LogP contribution in [0.2, 0.25) is 0 Å². The first-order valence-electron chi connectivity index (χ1n) is 4.95. The maximum Gasteiger partial charge on any atom is 0.195 e. The van der Waals surface area contributed by atoms with E-state index in [1.54, 1.807) is 6.07 Å². The summed E-state index contributed by atoms with van der Waals surface area (Å²) in [6.07, 6.45) is 2.85. The average molecular weight is 272 g/mol. The highest BCUT2D eigenvalue weighted by molar-refractivity contribution is 9.10. The van der Waals surface area contributed by atoms with E-state index in [9.17, 15) is 4.39 Å². The van der Waals surface area contributed by atoms with Gasteiger partial charge in [0, 0.05) is 10.9 Å². The Kier molecular flexibility index (Phi) is 3.05. The number of aryl methyl sites for hydroxylation is 1. The number of unbranched alkanes of at least 4 members (excludes halogenated alkanes) is 1. The van der Waals surface area contributed by atoms with E-state index in [0.717, 1.165) is 19.3 Å². The minimum Gasteiger partial charge on any atom is -0.441 e. The maximum atomic E-state index is 13.4. The number of benzene rings is 1. The Hall–Kier alpha value is -0.900. The number of fused-ring (bicyclic) bond motifs is 1. The van der Waals surface area contributed by atoms with Crippen LogP contribution in [0.15, 0.2) is 21.0 Å². The van der Waals surface area contributed by atoms with Crippen molar-refractivity contribution in [3.63, 3.8) is 0 Å². The number of halogens is 2. The maximum absolute atomic E-state index is 13.4. The van der Waals surface area contributed by atoms with Gasteiger partial charge in [0.25, 0.3) is 0 Å². The Bertz CT molecular complexity index is 481. The molecule has 1 heterocycles. The van der Waals surface area contributed by atoms with Crippen molar-refractivity contribution in [3.8, 4) is 0 Å². The summed E-state index contributed by atoms with van der Waals surface area (Å²) in [5.41, 5.74) is 0.831. The third-order valence-electron chi connectivity index (χ3n) is 2.20. The number of hydrogen-bond acceptors (Lipinski definition) is 2. The number of aromatic nitrogens is 1. The summed E-state index contributed by atoms with van der Waals surface area (Å²) in [4.78, 5) is 4.13. The summed E-state index contributed by atoms with van der Waals surface area (Å²) in [7, 11) is 0. The molecule has 4 heteroatoms. The lowest BCUT2D eigenvalue weighted by atomic mass is 10.2. The summed E-state index contributed by atoms with van der Waals surface area (Å²) in [6, 6.07) is 3.13. The smallest absolute Gasteiger partial charge is 0.195 e. The van der Waals surface area contributed by atoms with Crippen molar-refractivity contribution in [2.24, 2.45) is 0 Å². The van der Waals surface area contributed by atoms with Crippen molar-refractivity contribution in [1.29, 1.82) is 0 Å². The molecule has 0 amide bonds. The first-order chi connectivity index (χ1) is 7.20. The van der Waals surface area contributed by atoms with Gasteiger partial charge in [0.2, 0.25) is 0 Å². The van der Waals surface area contributed by atoms with Gasteiger partial charge < -0.3 is 4.42 Å². The third-order valence-corrected chi connectivity index (χ3v) is 2.66. The largest absolute Gasteiger partial charge is 0.441 e. The monoisotopic (exact) mass is 271 g/mol. The van der Waals surface area contributed by atoms with Gasteiger partial charge in [-0.05, 0) is 18.6 Å². The van der Waals surface area contributed by atoms with Gasteiger partial charge in [-0.2, -0.15) is 0 Å². The molecule has 2 nitrogen and oxygen atoms in total. The van der Waals surface area contributed by atoms with E-state index in [0.29, 0.717) is 21.5 Å². The van der Waals surface area contributed by atoms with Crippen LogP contribution in [0, 0.1) is 5.82 Å². The van der Waals surface area contributed by atoms with Crippen molar-refractivity contribution < 1.29 is 8.81 Å². The number of oxazole rings is 1. The highest BCUT2D eigenvalue weighted by Crippen LogP contribution is 2.24. The van der Waals surface area contributed by atoms with E-state index in [1.165, 1.54) is 6.07 Å². The van der Waals surface area contributed by atoms with Crippen molar-refractivity contribution in [3.05, 3.63) is 28.3 Å². The van der Waals surface area contributed by atoms with Gasteiger partial charge in [0.15, 0.2) is 17.3 Å². The van der Waals surface area contributed by atoms with Gasteiger partial charge in [-0.3, -0.25) is 0 Å². The lowest BCUT2D eigenvalue weighted by Crippen LogP contribution is -1.83. The predicted octanol–water partition coefficient (Wildman–Crippen LogP) is 4.07. The van der Waals surface area contributed by atoms with E-state index in [-0.39, 0.29) is 5.82 Å². The van der Waals surface area contributed by atoms with Crippen LogP contribution < -0.4 is 0 Å². The quantitative estimate of drug-likeness (QED) is 0.841. The SMILES string of the molecule is CCCCc1nc2c(F)cc(Br)cc2o1. The zero-order valence-corrected chi connectivity index (χ0v) is 9.97. The molecule has 0 spiro atoms. The molecular weight excluding hydrogens is 261 g/mol. The molecule has 0 aliphatic heterocycles. The van der Waals surface area contributed by atoms with Gasteiger partial charge in [0.05, 0.1) is 0 Å². The van der Waals surface area contributed by atoms with Crippen LogP contribution >= 0.6 is 15.9 Å². The molecular formula is C11H11BrFNO. The molecule has 0 aliphatic rings. The molecule has 0 aliphatic carbocycles. The molecule has 0 unspecified atom stereocenters. The molecule has 1 aromatic carbocycles. The van der Waals surface area contributed by atoms with E-state index in [2.05, 4.69) is 27.8 Å². The highest BCUT2D eigenvalue weighted by atomic mass is 79.9. The third kappa shape index (κ3) is 2.20. The van der Waals surface area contributed by atoms with Crippen molar-refractivity contribution in [1.82, 2.24) is 4.98 Å². The van der Waals surface area contributed by atoms with Gasteiger partial charge in [-0.15, -0.1) is 0 Å². The van der Waals surface area contributed by atoms with Gasteiger partial charge in [-0.25, -0.2) is 9.37 Å². The molecule has 2 aromatic rings. The number of hydrogen-bond donors (Lipinski definition) is 0. The van der Waals surface area contributed by atoms with Crippen LogP contribution in [0.5, 0.6) is 0 Å². The molecule has 0 atom stereocenters. The first-order valence-corrected chi connectivity index (χ1v) is 5.74. The minimum absolute atomic E-state index is 0.323. The summed E-state index contributed by atoms with van der Waals surface area (Å²) in [6.45, 7) is 2.10. The molecule has 15 heavy (non-hydrogen) atoms. The second-order valence-corrected chi connectivity index (χ2v) is 4.36. The van der Waals surface area contributed by atoms with Crippen LogP contribution in [0.3, 0.4) is 0 Å². The zero-order valence-electron chi connectivity index (χ0n) is 8.39. The second kappa shape index (κ2) is 4.31. The van der Waals surface area contributed by atoms with E-state index in [1.807, 2.05) is 0 Å². The molecule has 1 aromatic heterocycles. The Morgan fingerprint density at radius 3 is 3.00 bits per heavy atom. The fourth-order valence-corrected chi connectivity index (χ4v) is 1.85. The molecule has 0 N–H and O–H groups in total.